The van der Waals surface area contributed by atoms with Crippen molar-refractivity contribution < 1.29 is 17.6 Å². The predicted octanol–water partition coefficient (Wildman–Crippen LogP) is 5.37. The van der Waals surface area contributed by atoms with Gasteiger partial charge in [0.2, 0.25) is 5.95 Å². The van der Waals surface area contributed by atoms with E-state index >= 15 is 0 Å². The minimum absolute atomic E-state index is 0.0974. The molecule has 6 nitrogen and oxygen atoms in total. The maximum Gasteiger partial charge on any atom is 0.408 e. The molecule has 3 aromatic heterocycles. The number of aromatic amines is 1. The Morgan fingerprint density at radius 3 is 2.53 bits per heavy atom. The minimum Gasteiger partial charge on any atom is -0.345 e. The minimum atomic E-state index is -4.41. The number of aryl methyl sites for hydroxylation is 1. The van der Waals surface area contributed by atoms with Crippen LogP contribution < -0.4 is 5.32 Å². The number of rotatable bonds is 4. The molecular weight excluding hydrogens is 400 g/mol. The summed E-state index contributed by atoms with van der Waals surface area (Å²) in [5.74, 6) is 0.126. The maximum absolute atomic E-state index is 14.8. The van der Waals surface area contributed by atoms with Crippen LogP contribution in [0.15, 0.2) is 24.5 Å². The first-order chi connectivity index (χ1) is 14.1. The van der Waals surface area contributed by atoms with Crippen molar-refractivity contribution in [1.29, 1.82) is 0 Å². The molecule has 0 saturated heterocycles. The van der Waals surface area contributed by atoms with E-state index in [0.717, 1.165) is 6.92 Å². The fraction of sp³-hybridized carbons (Fsp3) is 0.350. The molecule has 4 rings (SSSR count). The summed E-state index contributed by atoms with van der Waals surface area (Å²) in [7, 11) is 0. The lowest BCUT2D eigenvalue weighted by molar-refractivity contribution is -0.138. The molecule has 0 spiro atoms. The van der Waals surface area contributed by atoms with Crippen LogP contribution in [0.5, 0.6) is 0 Å². The second kappa shape index (κ2) is 6.96. The van der Waals surface area contributed by atoms with Gasteiger partial charge in [-0.3, -0.25) is 0 Å². The number of nitrogens with one attached hydrogen (secondary N) is 2. The second-order valence-corrected chi connectivity index (χ2v) is 7.51. The average Bonchev–Trinajstić information content (AvgIpc) is 3.21. The number of imidazole rings is 1. The molecule has 0 radical (unpaired) electrons. The van der Waals surface area contributed by atoms with Crippen LogP contribution in [-0.4, -0.2) is 36.7 Å². The van der Waals surface area contributed by atoms with Gasteiger partial charge in [-0.2, -0.15) is 18.2 Å². The topological polar surface area (TPSA) is 71.4 Å². The Morgan fingerprint density at radius 2 is 1.87 bits per heavy atom. The van der Waals surface area contributed by atoms with Crippen LogP contribution in [-0.2, 0) is 0 Å². The second-order valence-electron chi connectivity index (χ2n) is 7.51. The summed E-state index contributed by atoms with van der Waals surface area (Å²) in [6, 6.07) is 1.54. The largest absolute Gasteiger partial charge is 0.408 e. The lowest BCUT2D eigenvalue weighted by atomic mass is 10.1. The van der Waals surface area contributed by atoms with E-state index in [1.54, 1.807) is 6.20 Å². The summed E-state index contributed by atoms with van der Waals surface area (Å²) in [6.45, 7) is 6.81. The van der Waals surface area contributed by atoms with Gasteiger partial charge in [0.05, 0.1) is 5.52 Å². The lowest BCUT2D eigenvalue weighted by Crippen LogP contribution is -2.33. The highest BCUT2D eigenvalue weighted by atomic mass is 19.4. The molecule has 10 heteroatoms. The van der Waals surface area contributed by atoms with Crippen LogP contribution in [0.1, 0.15) is 32.6 Å². The van der Waals surface area contributed by atoms with Gasteiger partial charge < -0.3 is 14.9 Å². The van der Waals surface area contributed by atoms with Crippen molar-refractivity contribution in [2.45, 2.75) is 46.0 Å². The summed E-state index contributed by atoms with van der Waals surface area (Å²) in [5, 5.41) is 2.82. The molecule has 4 aromatic rings. The molecule has 1 atom stereocenters. The van der Waals surface area contributed by atoms with E-state index < -0.39 is 18.0 Å². The van der Waals surface area contributed by atoms with Crippen molar-refractivity contribution in [2.24, 2.45) is 0 Å². The third-order valence-electron chi connectivity index (χ3n) is 5.02. The number of halogens is 4. The number of anilines is 1. The maximum atomic E-state index is 14.8. The van der Waals surface area contributed by atoms with Gasteiger partial charge in [0.15, 0.2) is 5.82 Å². The van der Waals surface area contributed by atoms with Gasteiger partial charge in [0.25, 0.3) is 0 Å². The van der Waals surface area contributed by atoms with Gasteiger partial charge in [0, 0.05) is 29.4 Å². The normalized spacial score (nSPS) is 13.5. The SMILES string of the molecule is Cc1nc2c(F)cc(-c3c[nH]c4nc(NC(C)C(F)(F)F)ncc34)cc2n1C(C)C. The molecule has 0 aliphatic rings. The standard InChI is InChI=1S/C20H20F4N6/c1-9(2)30-11(4)28-17-15(21)5-12(6-16(17)30)13-7-25-18-14(13)8-26-19(29-18)27-10(3)20(22,23)24/h5-10H,1-4H3,(H2,25,26,27,29). The Balaban J connectivity index is 1.78. The van der Waals surface area contributed by atoms with Gasteiger partial charge in [-0.05, 0) is 45.4 Å². The molecule has 1 aromatic carbocycles. The first-order valence-corrected chi connectivity index (χ1v) is 9.42. The van der Waals surface area contributed by atoms with Crippen LogP contribution in [0.3, 0.4) is 0 Å². The van der Waals surface area contributed by atoms with Gasteiger partial charge in [0.1, 0.15) is 23.0 Å². The number of aromatic nitrogens is 5. The fourth-order valence-electron chi connectivity index (χ4n) is 3.57. The monoisotopic (exact) mass is 420 g/mol. The molecule has 2 N–H and O–H groups in total. The summed E-state index contributed by atoms with van der Waals surface area (Å²) >= 11 is 0. The molecular formula is C20H20F4N6. The van der Waals surface area contributed by atoms with Crippen molar-refractivity contribution in [3.05, 3.63) is 36.2 Å². The van der Waals surface area contributed by atoms with Gasteiger partial charge in [-0.15, -0.1) is 0 Å². The van der Waals surface area contributed by atoms with Crippen LogP contribution in [0.4, 0.5) is 23.5 Å². The Hall–Kier alpha value is -3.17. The van der Waals surface area contributed by atoms with E-state index in [9.17, 15) is 17.6 Å². The van der Waals surface area contributed by atoms with E-state index in [4.69, 9.17) is 0 Å². The highest BCUT2D eigenvalue weighted by Gasteiger charge is 2.36. The van der Waals surface area contributed by atoms with E-state index in [1.807, 2.05) is 31.4 Å². The van der Waals surface area contributed by atoms with Crippen LogP contribution in [0.25, 0.3) is 33.2 Å². The van der Waals surface area contributed by atoms with Gasteiger partial charge >= 0.3 is 6.18 Å². The molecule has 0 bridgehead atoms. The van der Waals surface area contributed by atoms with Crippen molar-refractivity contribution in [3.8, 4) is 11.1 Å². The van der Waals surface area contributed by atoms with Crippen LogP contribution in [0.2, 0.25) is 0 Å². The van der Waals surface area contributed by atoms with Crippen LogP contribution in [0, 0.1) is 12.7 Å². The summed E-state index contributed by atoms with van der Waals surface area (Å²) in [4.78, 5) is 15.4. The predicted molar refractivity (Wildman–Crippen MR) is 107 cm³/mol. The number of fused-ring (bicyclic) bond motifs is 2. The smallest absolute Gasteiger partial charge is 0.345 e. The number of nitrogens with zero attached hydrogens (tertiary/aromatic N) is 4. The first kappa shape index (κ1) is 20.1. The summed E-state index contributed by atoms with van der Waals surface area (Å²) in [5.41, 5.74) is 2.57. The number of hydrogen-bond acceptors (Lipinski definition) is 4. The molecule has 3 heterocycles. The number of H-pyrrole nitrogens is 1. The third-order valence-corrected chi connectivity index (χ3v) is 5.02. The van der Waals surface area contributed by atoms with E-state index in [2.05, 4.69) is 25.3 Å². The zero-order valence-corrected chi connectivity index (χ0v) is 16.8. The highest BCUT2D eigenvalue weighted by Crippen LogP contribution is 2.33. The lowest BCUT2D eigenvalue weighted by Gasteiger charge is -2.16. The number of benzene rings is 1. The zero-order valence-electron chi connectivity index (χ0n) is 16.8. The number of alkyl halides is 3. The van der Waals surface area contributed by atoms with Crippen molar-refractivity contribution in [2.75, 3.05) is 5.32 Å². The van der Waals surface area contributed by atoms with Crippen LogP contribution >= 0.6 is 0 Å². The van der Waals surface area contributed by atoms with Crippen molar-refractivity contribution in [3.63, 3.8) is 0 Å². The molecule has 30 heavy (non-hydrogen) atoms. The van der Waals surface area contributed by atoms with E-state index in [-0.39, 0.29) is 12.0 Å². The number of hydrogen-bond donors (Lipinski definition) is 2. The fourth-order valence-corrected chi connectivity index (χ4v) is 3.57. The Morgan fingerprint density at radius 1 is 1.13 bits per heavy atom. The first-order valence-electron chi connectivity index (χ1n) is 9.42. The van der Waals surface area contributed by atoms with Gasteiger partial charge in [-0.1, -0.05) is 0 Å². The Bertz CT molecular complexity index is 1240. The molecule has 0 saturated carbocycles. The quantitative estimate of drug-likeness (QED) is 0.436. The summed E-state index contributed by atoms with van der Waals surface area (Å²) < 4.78 is 55.0. The van der Waals surface area contributed by atoms with Crippen molar-refractivity contribution >= 4 is 28.0 Å². The average molecular weight is 420 g/mol. The van der Waals surface area contributed by atoms with Crippen molar-refractivity contribution in [1.82, 2.24) is 24.5 Å². The molecule has 0 aliphatic carbocycles. The zero-order chi connectivity index (χ0) is 21.8. The molecule has 1 unspecified atom stereocenters. The molecule has 158 valence electrons. The Kier molecular flexibility index (Phi) is 4.67. The Labute approximate surface area is 169 Å². The summed E-state index contributed by atoms with van der Waals surface area (Å²) in [6.07, 6.45) is -1.35. The molecule has 0 fully saturated rings. The molecule has 0 aliphatic heterocycles. The van der Waals surface area contributed by atoms with E-state index in [1.165, 1.54) is 12.3 Å². The van der Waals surface area contributed by atoms with E-state index in [0.29, 0.717) is 39.0 Å². The third kappa shape index (κ3) is 3.35. The van der Waals surface area contributed by atoms with Gasteiger partial charge in [-0.25, -0.2) is 14.4 Å². The molecule has 0 amide bonds. The highest BCUT2D eigenvalue weighted by molar-refractivity contribution is 5.96.